The predicted octanol–water partition coefficient (Wildman–Crippen LogP) is 2.35. The third-order valence-electron chi connectivity index (χ3n) is 4.68. The maximum Gasteiger partial charge on any atom is 0.220 e. The largest absolute Gasteiger partial charge is 0.504 e. The summed E-state index contributed by atoms with van der Waals surface area (Å²) in [6.45, 7) is 0. The highest BCUT2D eigenvalue weighted by molar-refractivity contribution is 5.82. The third kappa shape index (κ3) is 2.78. The molecule has 1 aliphatic carbocycles. The number of ether oxygens (including phenoxy) is 2. The molecule has 0 saturated heterocycles. The first-order chi connectivity index (χ1) is 12.0. The molecule has 0 heterocycles. The first-order valence-electron chi connectivity index (χ1n) is 8.03. The fourth-order valence-corrected chi connectivity index (χ4v) is 3.44. The number of methoxy groups -OCH3 is 2. The SMILES string of the molecule is CNC1CCc2cc(O)c(O)c(OC)c2-c2ccc(OC)c(=O)cc21. The predicted molar refractivity (Wildman–Crippen MR) is 94.7 cm³/mol. The lowest BCUT2D eigenvalue weighted by atomic mass is 9.95. The number of hydrogen-bond acceptors (Lipinski definition) is 6. The van der Waals surface area contributed by atoms with E-state index in [1.54, 1.807) is 24.3 Å². The van der Waals surface area contributed by atoms with Crippen LogP contribution in [0.4, 0.5) is 0 Å². The standard InChI is InChI=1S/C19H21NO5/c1-20-13-6-4-10-8-15(22)18(23)19(25-3)17(10)11-5-7-16(24-2)14(21)9-12(11)13/h5,7-9,13,20,22-23H,4,6H2,1-3H3. The Morgan fingerprint density at radius 1 is 1.16 bits per heavy atom. The molecule has 0 fully saturated rings. The minimum Gasteiger partial charge on any atom is -0.504 e. The normalized spacial score (nSPS) is 15.7. The van der Waals surface area contributed by atoms with Gasteiger partial charge < -0.3 is 25.0 Å². The number of nitrogens with one attached hydrogen (secondary N) is 1. The quantitative estimate of drug-likeness (QED) is 0.742. The Labute approximate surface area is 145 Å². The molecule has 0 aliphatic heterocycles. The molecule has 3 N–H and O–H groups in total. The Bertz CT molecular complexity index is 879. The Morgan fingerprint density at radius 3 is 2.56 bits per heavy atom. The fourth-order valence-electron chi connectivity index (χ4n) is 3.44. The van der Waals surface area contributed by atoms with E-state index < -0.39 is 0 Å². The molecule has 0 radical (unpaired) electrons. The van der Waals surface area contributed by atoms with Crippen LogP contribution in [-0.4, -0.2) is 31.5 Å². The van der Waals surface area contributed by atoms with Crippen LogP contribution in [0, 0.1) is 0 Å². The van der Waals surface area contributed by atoms with Crippen LogP contribution >= 0.6 is 0 Å². The number of aryl methyl sites for hydroxylation is 1. The third-order valence-corrected chi connectivity index (χ3v) is 4.68. The molecule has 2 aromatic rings. The molecule has 1 aliphatic rings. The molecule has 6 heteroatoms. The van der Waals surface area contributed by atoms with E-state index in [0.717, 1.165) is 23.1 Å². The molecule has 0 amide bonds. The van der Waals surface area contributed by atoms with Gasteiger partial charge in [0.05, 0.1) is 14.2 Å². The average molecular weight is 343 g/mol. The molecule has 0 bridgehead atoms. The summed E-state index contributed by atoms with van der Waals surface area (Å²) in [5, 5.41) is 23.5. The molecular weight excluding hydrogens is 322 g/mol. The van der Waals surface area contributed by atoms with Crippen LogP contribution in [0.5, 0.6) is 23.0 Å². The highest BCUT2D eigenvalue weighted by Crippen LogP contribution is 2.49. The van der Waals surface area contributed by atoms with Crippen molar-refractivity contribution in [3.8, 4) is 34.1 Å². The Kier molecular flexibility index (Phi) is 4.55. The van der Waals surface area contributed by atoms with Gasteiger partial charge in [0.2, 0.25) is 11.2 Å². The molecule has 25 heavy (non-hydrogen) atoms. The van der Waals surface area contributed by atoms with Crippen molar-refractivity contribution in [2.45, 2.75) is 18.9 Å². The number of fused-ring (bicyclic) bond motifs is 3. The number of phenolic OH excluding ortho intramolecular Hbond substituents is 2. The summed E-state index contributed by atoms with van der Waals surface area (Å²) >= 11 is 0. The second-order valence-corrected chi connectivity index (χ2v) is 5.97. The number of phenols is 2. The number of benzene rings is 1. The lowest BCUT2D eigenvalue weighted by molar-refractivity contribution is 0.351. The van der Waals surface area contributed by atoms with Gasteiger partial charge in [-0.25, -0.2) is 0 Å². The van der Waals surface area contributed by atoms with Crippen molar-refractivity contribution in [2.75, 3.05) is 21.3 Å². The maximum absolute atomic E-state index is 12.4. The summed E-state index contributed by atoms with van der Waals surface area (Å²) in [5.41, 5.74) is 2.89. The van der Waals surface area contributed by atoms with Gasteiger partial charge in [-0.2, -0.15) is 0 Å². The Balaban J connectivity index is 2.43. The van der Waals surface area contributed by atoms with Gasteiger partial charge in [-0.05, 0) is 54.8 Å². The van der Waals surface area contributed by atoms with Crippen LogP contribution in [0.15, 0.2) is 29.1 Å². The van der Waals surface area contributed by atoms with Crippen LogP contribution < -0.4 is 20.2 Å². The lowest BCUT2D eigenvalue weighted by Gasteiger charge is -2.16. The van der Waals surface area contributed by atoms with Crippen LogP contribution in [0.1, 0.15) is 23.6 Å². The highest BCUT2D eigenvalue weighted by atomic mass is 16.5. The molecule has 0 aromatic heterocycles. The minimum atomic E-state index is -0.309. The van der Waals surface area contributed by atoms with E-state index in [2.05, 4.69) is 5.32 Å². The van der Waals surface area contributed by atoms with Gasteiger partial charge in [0.1, 0.15) is 0 Å². The number of rotatable bonds is 3. The summed E-state index contributed by atoms with van der Waals surface area (Å²) in [5.74, 6) is -0.0875. The van der Waals surface area contributed by atoms with Crippen molar-refractivity contribution >= 4 is 0 Å². The maximum atomic E-state index is 12.4. The van der Waals surface area contributed by atoms with Crippen molar-refractivity contribution in [3.63, 3.8) is 0 Å². The molecule has 1 atom stereocenters. The first-order valence-corrected chi connectivity index (χ1v) is 8.03. The molecular formula is C19H21NO5. The van der Waals surface area contributed by atoms with E-state index in [1.165, 1.54) is 14.2 Å². The molecule has 2 aromatic carbocycles. The van der Waals surface area contributed by atoms with E-state index in [-0.39, 0.29) is 34.5 Å². The minimum absolute atomic E-state index is 0.0544. The zero-order chi connectivity index (χ0) is 18.1. The summed E-state index contributed by atoms with van der Waals surface area (Å²) in [6.07, 6.45) is 1.39. The smallest absolute Gasteiger partial charge is 0.220 e. The van der Waals surface area contributed by atoms with Crippen molar-refractivity contribution in [2.24, 2.45) is 0 Å². The fraction of sp³-hybridized carbons (Fsp3) is 0.316. The van der Waals surface area contributed by atoms with E-state index in [0.29, 0.717) is 12.0 Å². The van der Waals surface area contributed by atoms with Gasteiger partial charge in [0, 0.05) is 11.6 Å². The lowest BCUT2D eigenvalue weighted by Crippen LogP contribution is -2.17. The van der Waals surface area contributed by atoms with E-state index in [4.69, 9.17) is 9.47 Å². The van der Waals surface area contributed by atoms with Crippen molar-refractivity contribution in [3.05, 3.63) is 45.6 Å². The number of hydrogen-bond donors (Lipinski definition) is 3. The molecule has 3 rings (SSSR count). The van der Waals surface area contributed by atoms with Crippen molar-refractivity contribution < 1.29 is 19.7 Å². The van der Waals surface area contributed by atoms with Crippen molar-refractivity contribution in [1.29, 1.82) is 0 Å². The van der Waals surface area contributed by atoms with Crippen LogP contribution in [-0.2, 0) is 6.42 Å². The molecule has 6 nitrogen and oxygen atoms in total. The first kappa shape index (κ1) is 17.1. The zero-order valence-electron chi connectivity index (χ0n) is 14.4. The second-order valence-electron chi connectivity index (χ2n) is 5.97. The molecule has 1 unspecified atom stereocenters. The molecule has 132 valence electrons. The Morgan fingerprint density at radius 2 is 1.92 bits per heavy atom. The number of aromatic hydroxyl groups is 2. The summed E-state index contributed by atoms with van der Waals surface area (Å²) in [7, 11) is 4.73. The van der Waals surface area contributed by atoms with Gasteiger partial charge >= 0.3 is 0 Å². The van der Waals surface area contributed by atoms with Gasteiger partial charge in [0.25, 0.3) is 0 Å². The van der Waals surface area contributed by atoms with Gasteiger partial charge in [-0.1, -0.05) is 6.07 Å². The summed E-state index contributed by atoms with van der Waals surface area (Å²) < 4.78 is 10.5. The van der Waals surface area contributed by atoms with Crippen LogP contribution in [0.25, 0.3) is 11.1 Å². The van der Waals surface area contributed by atoms with Crippen molar-refractivity contribution in [1.82, 2.24) is 5.32 Å². The van der Waals surface area contributed by atoms with Gasteiger partial charge in [0.15, 0.2) is 17.2 Å². The average Bonchev–Trinajstić information content (AvgIpc) is 2.84. The van der Waals surface area contributed by atoms with Gasteiger partial charge in [-0.15, -0.1) is 0 Å². The topological polar surface area (TPSA) is 88.0 Å². The van der Waals surface area contributed by atoms with E-state index in [1.807, 2.05) is 7.05 Å². The van der Waals surface area contributed by atoms with E-state index >= 15 is 0 Å². The van der Waals surface area contributed by atoms with Crippen LogP contribution in [0.2, 0.25) is 0 Å². The van der Waals surface area contributed by atoms with Gasteiger partial charge in [-0.3, -0.25) is 4.79 Å². The monoisotopic (exact) mass is 343 g/mol. The summed E-state index contributed by atoms with van der Waals surface area (Å²) in [4.78, 5) is 12.4. The van der Waals surface area contributed by atoms with E-state index in [9.17, 15) is 15.0 Å². The molecule has 0 saturated carbocycles. The molecule has 0 spiro atoms. The zero-order valence-corrected chi connectivity index (χ0v) is 14.4. The Hall–Kier alpha value is -2.73. The van der Waals surface area contributed by atoms with Crippen LogP contribution in [0.3, 0.4) is 0 Å². The second kappa shape index (κ2) is 6.64. The highest BCUT2D eigenvalue weighted by Gasteiger charge is 2.27. The summed E-state index contributed by atoms with van der Waals surface area (Å²) in [6, 6.07) is 6.47.